The number of hydrogen-bond acceptors (Lipinski definition) is 18. The summed E-state index contributed by atoms with van der Waals surface area (Å²) in [6.07, 6.45) is 8.56. The SMILES string of the molecule is COc1cccc(OC)c1-c1cc(C(=O)NC2(C(=O)O)CCC3CC(C)CC2C3)nn1-c1ccc(C(=O)N(C)CCCN(C)CCCN(C)C(=O)CCCCCNC(=O)CN2CCN(CC=O)CCN(CON(C)O)CCN(CC(=O)O)CC2)cc1C(C)C. The van der Waals surface area contributed by atoms with Crippen LogP contribution in [0.4, 0.5) is 0 Å². The average Bonchev–Trinajstić information content (AvgIpc) is 1.77. The lowest BCUT2D eigenvalue weighted by molar-refractivity contribution is -0.338. The Balaban J connectivity index is 0.948. The van der Waals surface area contributed by atoms with E-state index in [1.54, 1.807) is 66.1 Å². The van der Waals surface area contributed by atoms with Gasteiger partial charge in [0.05, 0.1) is 50.8 Å². The summed E-state index contributed by atoms with van der Waals surface area (Å²) in [5.41, 5.74) is 1.61. The number of fused-ring (bicyclic) bond motifs is 2. The molecular formula is C64H100N12O13. The molecule has 5 N–H and O–H groups in total. The van der Waals surface area contributed by atoms with Gasteiger partial charge in [-0.1, -0.05) is 38.5 Å². The van der Waals surface area contributed by atoms with Gasteiger partial charge in [-0.15, -0.1) is 0 Å². The van der Waals surface area contributed by atoms with Crippen LogP contribution in [0.25, 0.3) is 16.9 Å². The summed E-state index contributed by atoms with van der Waals surface area (Å²) in [5.74, 6) is -1.30. The summed E-state index contributed by atoms with van der Waals surface area (Å²) in [4.78, 5) is 110. The molecule has 494 valence electrons. The number of nitrogens with zero attached hydrogens (tertiary/aromatic N) is 10. The smallest absolute Gasteiger partial charge is 0.329 e. The van der Waals surface area contributed by atoms with Crippen molar-refractivity contribution in [1.29, 1.82) is 0 Å². The minimum absolute atomic E-state index is 0.0398. The molecule has 4 unspecified atom stereocenters. The van der Waals surface area contributed by atoms with Gasteiger partial charge in [0.1, 0.15) is 30.1 Å². The number of hydrogen-bond donors (Lipinski definition) is 5. The quantitative estimate of drug-likeness (QED) is 0.0321. The Bertz CT molecular complexity index is 2790. The van der Waals surface area contributed by atoms with Crippen molar-refractivity contribution in [2.75, 3.05) is 154 Å². The largest absolute Gasteiger partial charge is 0.496 e. The summed E-state index contributed by atoms with van der Waals surface area (Å²) >= 11 is 0. The zero-order valence-electron chi connectivity index (χ0n) is 54.1. The second-order valence-corrected chi connectivity index (χ2v) is 24.9. The van der Waals surface area contributed by atoms with E-state index >= 15 is 0 Å². The number of benzene rings is 2. The van der Waals surface area contributed by atoms with Crippen molar-refractivity contribution in [2.45, 2.75) is 103 Å². The number of carboxylic acid groups (broad SMARTS) is 2. The summed E-state index contributed by atoms with van der Waals surface area (Å²) in [6.45, 7) is 13.4. The fourth-order valence-corrected chi connectivity index (χ4v) is 12.7. The van der Waals surface area contributed by atoms with E-state index in [1.807, 2.05) is 59.7 Å². The maximum Gasteiger partial charge on any atom is 0.329 e. The lowest BCUT2D eigenvalue weighted by Gasteiger charge is -2.48. The van der Waals surface area contributed by atoms with Crippen molar-refractivity contribution in [2.24, 2.45) is 17.8 Å². The minimum Gasteiger partial charge on any atom is -0.496 e. The Labute approximate surface area is 525 Å². The van der Waals surface area contributed by atoms with Crippen LogP contribution in [0.1, 0.15) is 124 Å². The predicted molar refractivity (Wildman–Crippen MR) is 336 cm³/mol. The average molecular weight is 1250 g/mol. The molecule has 3 fully saturated rings. The van der Waals surface area contributed by atoms with Gasteiger partial charge in [-0.05, 0) is 144 Å². The first-order valence-corrected chi connectivity index (χ1v) is 31.6. The molecule has 1 saturated heterocycles. The summed E-state index contributed by atoms with van der Waals surface area (Å²) in [5, 5.41) is 41.4. The Kier molecular flexibility index (Phi) is 28.2. The molecule has 2 saturated carbocycles. The van der Waals surface area contributed by atoms with Crippen molar-refractivity contribution in [3.05, 3.63) is 59.3 Å². The first-order chi connectivity index (χ1) is 42.5. The van der Waals surface area contributed by atoms with E-state index in [4.69, 9.17) is 19.4 Å². The molecule has 89 heavy (non-hydrogen) atoms. The highest BCUT2D eigenvalue weighted by molar-refractivity contribution is 5.98. The molecule has 4 atom stereocenters. The molecule has 2 heterocycles. The van der Waals surface area contributed by atoms with Gasteiger partial charge in [-0.3, -0.25) is 53.6 Å². The van der Waals surface area contributed by atoms with Crippen molar-refractivity contribution < 1.29 is 63.3 Å². The van der Waals surface area contributed by atoms with Crippen molar-refractivity contribution >= 4 is 41.9 Å². The van der Waals surface area contributed by atoms with Gasteiger partial charge in [0.2, 0.25) is 11.8 Å². The maximum atomic E-state index is 14.5. The lowest BCUT2D eigenvalue weighted by atomic mass is 9.60. The van der Waals surface area contributed by atoms with Gasteiger partial charge < -0.3 is 49.8 Å². The normalized spacial score (nSPS) is 19.9. The monoisotopic (exact) mass is 1240 g/mol. The van der Waals surface area contributed by atoms with E-state index in [9.17, 15) is 49.0 Å². The second kappa shape index (κ2) is 35.1. The summed E-state index contributed by atoms with van der Waals surface area (Å²) in [6, 6.07) is 12.5. The standard InChI is InChI=1S/C64H100N12O13/c1-46(2)51-41-49(19-20-53(51)76-54(60-55(87-8)16-13-17-56(60)88-9)42-52(67-76)61(82)66-64(63(84)85)22-21-48-38-47(3)39-50(64)40-48)62(83)70(6)27-15-25-68(4)24-14-26-69(5)58(79)18-11-10-12-23-65-57(78)43-73-30-28-72(36-37-77)29-34-75(45-89-71(7)86)35-33-74(32-31-73)44-59(80)81/h13,16-17,19-20,37,41-42,46-48,50,86H,10-12,14-15,18,21-36,38-40,43-45H2,1-9H3,(H,65,78)(H,66,82)(H,80,81)(H,84,85). The third-order valence-electron chi connectivity index (χ3n) is 17.8. The van der Waals surface area contributed by atoms with Gasteiger partial charge in [-0.2, -0.15) is 5.10 Å². The molecule has 25 heteroatoms. The Hall–Kier alpha value is -6.58. The van der Waals surface area contributed by atoms with Gasteiger partial charge >= 0.3 is 11.9 Å². The highest BCUT2D eigenvalue weighted by atomic mass is 16.9. The molecule has 6 rings (SSSR count). The fraction of sp³-hybridized carbons (Fsp3) is 0.656. The van der Waals surface area contributed by atoms with Crippen LogP contribution in [0.2, 0.25) is 0 Å². The van der Waals surface area contributed by atoms with E-state index in [1.165, 1.54) is 7.05 Å². The number of rotatable bonds is 32. The predicted octanol–water partition coefficient (Wildman–Crippen LogP) is 4.71. The number of aromatic nitrogens is 2. The van der Waals surface area contributed by atoms with Crippen LogP contribution in [0.5, 0.6) is 11.5 Å². The maximum absolute atomic E-state index is 14.5. The number of unbranched alkanes of at least 4 members (excludes halogenated alkanes) is 2. The molecule has 25 nitrogen and oxygen atoms in total. The number of nitrogens with one attached hydrogen (secondary N) is 2. The molecule has 2 aliphatic carbocycles. The van der Waals surface area contributed by atoms with E-state index < -0.39 is 23.4 Å². The summed E-state index contributed by atoms with van der Waals surface area (Å²) < 4.78 is 13.3. The number of carbonyl (C=O) groups is 7. The fourth-order valence-electron chi connectivity index (χ4n) is 12.7. The van der Waals surface area contributed by atoms with E-state index in [2.05, 4.69) is 22.5 Å². The Morgan fingerprint density at radius 1 is 0.764 bits per heavy atom. The number of carbonyl (C=O) groups excluding carboxylic acids is 5. The van der Waals surface area contributed by atoms with Crippen LogP contribution < -0.4 is 20.1 Å². The number of ether oxygens (including phenoxy) is 2. The van der Waals surface area contributed by atoms with E-state index in [0.717, 1.165) is 69.9 Å². The Morgan fingerprint density at radius 2 is 1.39 bits per heavy atom. The third kappa shape index (κ3) is 21.0. The molecule has 4 amide bonds. The number of aldehydes is 1. The molecule has 3 aromatic rings. The van der Waals surface area contributed by atoms with Crippen LogP contribution in [-0.4, -0.2) is 266 Å². The van der Waals surface area contributed by atoms with Crippen LogP contribution in [0.15, 0.2) is 42.5 Å². The van der Waals surface area contributed by atoms with Gasteiger partial charge in [0.25, 0.3) is 11.8 Å². The molecule has 0 spiro atoms. The molecule has 2 bridgehead atoms. The van der Waals surface area contributed by atoms with Crippen LogP contribution in [0, 0.1) is 17.8 Å². The lowest BCUT2D eigenvalue weighted by Crippen LogP contribution is -2.62. The van der Waals surface area contributed by atoms with Crippen molar-refractivity contribution in [3.63, 3.8) is 0 Å². The minimum atomic E-state index is -1.42. The molecule has 0 radical (unpaired) electrons. The van der Waals surface area contributed by atoms with Crippen LogP contribution in [0.3, 0.4) is 0 Å². The molecule has 3 aliphatic rings. The van der Waals surface area contributed by atoms with E-state index in [-0.39, 0.29) is 61.6 Å². The number of aliphatic carboxylic acids is 2. The van der Waals surface area contributed by atoms with Gasteiger partial charge in [0, 0.05) is 105 Å². The topological polar surface area (TPSA) is 276 Å². The summed E-state index contributed by atoms with van der Waals surface area (Å²) in [7, 11) is 10.1. The van der Waals surface area contributed by atoms with Crippen molar-refractivity contribution in [1.82, 2.24) is 59.9 Å². The zero-order valence-corrected chi connectivity index (χ0v) is 54.1. The highest BCUT2D eigenvalue weighted by Gasteiger charge is 2.53. The first-order valence-electron chi connectivity index (χ1n) is 31.6. The number of amides is 4. The van der Waals surface area contributed by atoms with Gasteiger partial charge in [0.15, 0.2) is 5.69 Å². The van der Waals surface area contributed by atoms with Crippen molar-refractivity contribution in [3.8, 4) is 28.4 Å². The highest BCUT2D eigenvalue weighted by Crippen LogP contribution is 2.48. The Morgan fingerprint density at radius 3 is 2.00 bits per heavy atom. The molecule has 1 aromatic heterocycles. The zero-order chi connectivity index (χ0) is 64.8. The van der Waals surface area contributed by atoms with Crippen LogP contribution in [-0.2, 0) is 28.8 Å². The third-order valence-corrected chi connectivity index (χ3v) is 17.8. The first kappa shape index (κ1) is 71.5. The number of carboxylic acids is 2. The van der Waals surface area contributed by atoms with Gasteiger partial charge in [-0.25, -0.2) is 9.48 Å². The number of hydroxylamine groups is 2. The molecular weight excluding hydrogens is 1140 g/mol. The van der Waals surface area contributed by atoms with E-state index in [0.29, 0.717) is 149 Å². The number of methoxy groups -OCH3 is 2. The molecule has 1 aliphatic heterocycles. The van der Waals surface area contributed by atoms with Crippen LogP contribution >= 0.6 is 0 Å². The molecule has 2 aromatic carbocycles. The second-order valence-electron chi connectivity index (χ2n) is 24.9.